The Hall–Kier alpha value is -2.70. The lowest BCUT2D eigenvalue weighted by Gasteiger charge is -2.26. The van der Waals surface area contributed by atoms with Crippen molar-refractivity contribution in [3.8, 4) is 0 Å². The Morgan fingerprint density at radius 2 is 1.91 bits per heavy atom. The zero-order valence-electron chi connectivity index (χ0n) is 13.2. The van der Waals surface area contributed by atoms with Crippen LogP contribution in [0.5, 0.6) is 0 Å². The van der Waals surface area contributed by atoms with Crippen LogP contribution < -0.4 is 0 Å². The van der Waals surface area contributed by atoms with E-state index in [1.165, 1.54) is 11.8 Å². The second kappa shape index (κ2) is 6.60. The zero-order valence-corrected chi connectivity index (χ0v) is 13.2. The standard InChI is InChI=1S/C16H18N2O5/c1-10(15(21)17(2)3)23-14(20)9-18-13(19)8-11-6-4-5-7-12(11)16(18)22/h4-7,10H,8-9H2,1-3H3/t10-/m1/s1. The van der Waals surface area contributed by atoms with E-state index >= 15 is 0 Å². The lowest BCUT2D eigenvalue weighted by Crippen LogP contribution is -2.46. The van der Waals surface area contributed by atoms with Crippen LogP contribution in [0.4, 0.5) is 0 Å². The molecule has 1 aromatic carbocycles. The minimum absolute atomic E-state index is 0.0569. The summed E-state index contributed by atoms with van der Waals surface area (Å²) in [7, 11) is 3.09. The number of rotatable bonds is 4. The monoisotopic (exact) mass is 318 g/mol. The number of likely N-dealkylation sites (N-methyl/N-ethyl adjacent to an activating group) is 1. The van der Waals surface area contributed by atoms with Crippen molar-refractivity contribution in [3.05, 3.63) is 35.4 Å². The van der Waals surface area contributed by atoms with Crippen LogP contribution >= 0.6 is 0 Å². The van der Waals surface area contributed by atoms with E-state index < -0.39 is 30.4 Å². The van der Waals surface area contributed by atoms with Gasteiger partial charge in [-0.15, -0.1) is 0 Å². The van der Waals surface area contributed by atoms with Crippen molar-refractivity contribution in [3.63, 3.8) is 0 Å². The lowest BCUT2D eigenvalue weighted by molar-refractivity contribution is -0.159. The molecular formula is C16H18N2O5. The van der Waals surface area contributed by atoms with Gasteiger partial charge in [0.2, 0.25) is 5.91 Å². The smallest absolute Gasteiger partial charge is 0.326 e. The van der Waals surface area contributed by atoms with Crippen molar-refractivity contribution in [2.45, 2.75) is 19.4 Å². The van der Waals surface area contributed by atoms with Crippen molar-refractivity contribution >= 4 is 23.7 Å². The van der Waals surface area contributed by atoms with E-state index in [4.69, 9.17) is 4.74 Å². The van der Waals surface area contributed by atoms with Gasteiger partial charge in [-0.25, -0.2) is 0 Å². The summed E-state index contributed by atoms with van der Waals surface area (Å²) in [6.07, 6.45) is -0.916. The zero-order chi connectivity index (χ0) is 17.1. The summed E-state index contributed by atoms with van der Waals surface area (Å²) in [5.74, 6) is -2.16. The normalized spacial score (nSPS) is 15.0. The van der Waals surface area contributed by atoms with E-state index in [1.54, 1.807) is 38.4 Å². The third-order valence-corrected chi connectivity index (χ3v) is 3.52. The van der Waals surface area contributed by atoms with Gasteiger partial charge in [0.1, 0.15) is 6.54 Å². The van der Waals surface area contributed by atoms with Crippen LogP contribution in [0.3, 0.4) is 0 Å². The van der Waals surface area contributed by atoms with E-state index in [0.717, 1.165) is 4.90 Å². The van der Waals surface area contributed by atoms with E-state index in [1.807, 2.05) is 0 Å². The second-order valence-electron chi connectivity index (χ2n) is 5.48. The molecule has 0 fully saturated rings. The Bertz CT molecular complexity index is 668. The summed E-state index contributed by atoms with van der Waals surface area (Å²) >= 11 is 0. The second-order valence-corrected chi connectivity index (χ2v) is 5.48. The molecule has 0 unspecified atom stereocenters. The van der Waals surface area contributed by atoms with E-state index in [0.29, 0.717) is 11.1 Å². The predicted octanol–water partition coefficient (Wildman–Crippen LogP) is 0.231. The summed E-state index contributed by atoms with van der Waals surface area (Å²) in [4.78, 5) is 50.1. The van der Waals surface area contributed by atoms with Crippen LogP contribution in [0.2, 0.25) is 0 Å². The SMILES string of the molecule is C[C@@H](OC(=O)CN1C(=O)Cc2ccccc2C1=O)C(=O)N(C)C. The molecule has 2 rings (SSSR count). The third-order valence-electron chi connectivity index (χ3n) is 3.52. The molecule has 1 aromatic rings. The van der Waals surface area contributed by atoms with Crippen LogP contribution in [-0.2, 0) is 25.5 Å². The molecule has 3 amide bonds. The Morgan fingerprint density at radius 1 is 1.26 bits per heavy atom. The average Bonchev–Trinajstić information content (AvgIpc) is 2.50. The van der Waals surface area contributed by atoms with Gasteiger partial charge < -0.3 is 9.64 Å². The van der Waals surface area contributed by atoms with Crippen LogP contribution in [-0.4, -0.2) is 60.2 Å². The van der Waals surface area contributed by atoms with Crippen LogP contribution in [0.15, 0.2) is 24.3 Å². The third kappa shape index (κ3) is 3.56. The Labute approximate surface area is 133 Å². The minimum atomic E-state index is -0.972. The maximum Gasteiger partial charge on any atom is 0.326 e. The summed E-state index contributed by atoms with van der Waals surface area (Å²) in [5, 5.41) is 0. The first kappa shape index (κ1) is 16.7. The summed E-state index contributed by atoms with van der Waals surface area (Å²) in [6.45, 7) is 0.937. The number of esters is 1. The molecular weight excluding hydrogens is 300 g/mol. The number of benzene rings is 1. The van der Waals surface area contributed by atoms with Crippen LogP contribution in [0.1, 0.15) is 22.8 Å². The minimum Gasteiger partial charge on any atom is -0.451 e. The number of ether oxygens (including phenoxy) is 1. The van der Waals surface area contributed by atoms with Crippen molar-refractivity contribution < 1.29 is 23.9 Å². The number of carbonyl (C=O) groups excluding carboxylic acids is 4. The first-order valence-corrected chi connectivity index (χ1v) is 7.14. The molecule has 0 radical (unpaired) electrons. The fraction of sp³-hybridized carbons (Fsp3) is 0.375. The molecule has 0 aromatic heterocycles. The average molecular weight is 318 g/mol. The van der Waals surface area contributed by atoms with Crippen molar-refractivity contribution in [1.29, 1.82) is 0 Å². The van der Waals surface area contributed by atoms with E-state index in [-0.39, 0.29) is 12.3 Å². The van der Waals surface area contributed by atoms with Gasteiger partial charge in [-0.05, 0) is 18.6 Å². The highest BCUT2D eigenvalue weighted by Gasteiger charge is 2.33. The number of carbonyl (C=O) groups is 4. The summed E-state index contributed by atoms with van der Waals surface area (Å²) < 4.78 is 4.98. The quantitative estimate of drug-likeness (QED) is 0.586. The number of amides is 3. The molecule has 7 heteroatoms. The molecule has 0 spiro atoms. The van der Waals surface area contributed by atoms with Gasteiger partial charge in [-0.2, -0.15) is 0 Å². The largest absolute Gasteiger partial charge is 0.451 e. The van der Waals surface area contributed by atoms with Gasteiger partial charge in [0.15, 0.2) is 6.10 Å². The number of hydrogen-bond donors (Lipinski definition) is 0. The Kier molecular flexibility index (Phi) is 4.78. The maximum absolute atomic E-state index is 12.3. The summed E-state index contributed by atoms with van der Waals surface area (Å²) in [6, 6.07) is 6.76. The molecule has 1 aliphatic rings. The van der Waals surface area contributed by atoms with E-state index in [2.05, 4.69) is 0 Å². The van der Waals surface area contributed by atoms with Crippen LogP contribution in [0, 0.1) is 0 Å². The highest BCUT2D eigenvalue weighted by atomic mass is 16.5. The first-order chi connectivity index (χ1) is 10.8. The maximum atomic E-state index is 12.3. The van der Waals surface area contributed by atoms with Gasteiger partial charge in [-0.1, -0.05) is 18.2 Å². The molecule has 0 bridgehead atoms. The number of fused-ring (bicyclic) bond motifs is 1. The molecule has 23 heavy (non-hydrogen) atoms. The van der Waals surface area contributed by atoms with Gasteiger partial charge in [0.05, 0.1) is 6.42 Å². The highest BCUT2D eigenvalue weighted by molar-refractivity contribution is 6.11. The molecule has 0 N–H and O–H groups in total. The highest BCUT2D eigenvalue weighted by Crippen LogP contribution is 2.19. The van der Waals surface area contributed by atoms with Crippen molar-refractivity contribution in [1.82, 2.24) is 9.80 Å². The molecule has 122 valence electrons. The fourth-order valence-electron chi connectivity index (χ4n) is 2.34. The molecule has 0 saturated heterocycles. The van der Waals surface area contributed by atoms with Gasteiger partial charge >= 0.3 is 5.97 Å². The van der Waals surface area contributed by atoms with Crippen LogP contribution in [0.25, 0.3) is 0 Å². The number of imide groups is 1. The molecule has 0 aliphatic carbocycles. The number of hydrogen-bond acceptors (Lipinski definition) is 5. The lowest BCUT2D eigenvalue weighted by atomic mass is 9.98. The first-order valence-electron chi connectivity index (χ1n) is 7.14. The molecule has 1 atom stereocenters. The van der Waals surface area contributed by atoms with Gasteiger partial charge in [0, 0.05) is 19.7 Å². The Balaban J connectivity index is 2.06. The molecule has 1 aliphatic heterocycles. The van der Waals surface area contributed by atoms with Gasteiger partial charge in [0.25, 0.3) is 11.8 Å². The van der Waals surface area contributed by atoms with Gasteiger partial charge in [-0.3, -0.25) is 24.1 Å². The predicted molar refractivity (Wildman–Crippen MR) is 80.4 cm³/mol. The molecule has 0 saturated carbocycles. The molecule has 7 nitrogen and oxygen atoms in total. The topological polar surface area (TPSA) is 84.0 Å². The van der Waals surface area contributed by atoms with E-state index in [9.17, 15) is 19.2 Å². The van der Waals surface area contributed by atoms with Crippen molar-refractivity contribution in [2.75, 3.05) is 20.6 Å². The summed E-state index contributed by atoms with van der Waals surface area (Å²) in [5.41, 5.74) is 1.04. The fourth-order valence-corrected chi connectivity index (χ4v) is 2.34. The Morgan fingerprint density at radius 3 is 2.57 bits per heavy atom. The van der Waals surface area contributed by atoms with Crippen molar-refractivity contribution in [2.24, 2.45) is 0 Å². The number of nitrogens with zero attached hydrogens (tertiary/aromatic N) is 2. The molecule has 1 heterocycles.